The van der Waals surface area contributed by atoms with Crippen molar-refractivity contribution < 1.29 is 23.8 Å². The van der Waals surface area contributed by atoms with Gasteiger partial charge < -0.3 is 24.4 Å². The Bertz CT molecular complexity index is 860. The predicted molar refractivity (Wildman–Crippen MR) is 111 cm³/mol. The van der Waals surface area contributed by atoms with Crippen molar-refractivity contribution in [1.29, 1.82) is 0 Å². The first-order chi connectivity index (χ1) is 14.0. The van der Waals surface area contributed by atoms with Gasteiger partial charge in [0.1, 0.15) is 0 Å². The number of carbonyl (C=O) groups is 2. The molecule has 0 bridgehead atoms. The summed E-state index contributed by atoms with van der Waals surface area (Å²) >= 11 is 0. The third kappa shape index (κ3) is 4.86. The van der Waals surface area contributed by atoms with Gasteiger partial charge in [0.15, 0.2) is 11.5 Å². The van der Waals surface area contributed by atoms with Crippen molar-refractivity contribution in [1.82, 2.24) is 0 Å². The topological polar surface area (TPSA) is 77.1 Å². The molecule has 0 unspecified atom stereocenters. The maximum atomic E-state index is 12.6. The van der Waals surface area contributed by atoms with E-state index in [4.69, 9.17) is 14.2 Å². The van der Waals surface area contributed by atoms with Gasteiger partial charge in [0, 0.05) is 43.1 Å². The minimum atomic E-state index is -0.258. The summed E-state index contributed by atoms with van der Waals surface area (Å²) in [6.45, 7) is 2.89. The average Bonchev–Trinajstić information content (AvgIpc) is 2.75. The van der Waals surface area contributed by atoms with Gasteiger partial charge in [-0.25, -0.2) is 0 Å². The number of nitrogens with zero attached hydrogens (tertiary/aromatic N) is 1. The van der Waals surface area contributed by atoms with Crippen LogP contribution in [-0.2, 0) is 9.53 Å². The molecule has 1 heterocycles. The minimum Gasteiger partial charge on any atom is -0.493 e. The lowest BCUT2D eigenvalue weighted by atomic mass is 10.1. The van der Waals surface area contributed by atoms with Gasteiger partial charge >= 0.3 is 0 Å². The normalized spacial score (nSPS) is 14.2. The van der Waals surface area contributed by atoms with Crippen LogP contribution in [-0.4, -0.2) is 45.3 Å². The van der Waals surface area contributed by atoms with Crippen LogP contribution in [0.5, 0.6) is 11.5 Å². The SMILES string of the molecule is COc1ccc(C(=O)Nc2ccc(N(C(C)=O)C3CCOCC3)cc2)cc1OC. The summed E-state index contributed by atoms with van der Waals surface area (Å²) in [4.78, 5) is 26.6. The van der Waals surface area contributed by atoms with Gasteiger partial charge in [-0.2, -0.15) is 0 Å². The molecule has 7 nitrogen and oxygen atoms in total. The summed E-state index contributed by atoms with van der Waals surface area (Å²) in [5, 5.41) is 2.86. The van der Waals surface area contributed by atoms with Gasteiger partial charge in [-0.3, -0.25) is 9.59 Å². The predicted octanol–water partition coefficient (Wildman–Crippen LogP) is 3.49. The van der Waals surface area contributed by atoms with Crippen LogP contribution in [0.3, 0.4) is 0 Å². The molecule has 7 heteroatoms. The highest BCUT2D eigenvalue weighted by Crippen LogP contribution is 2.28. The van der Waals surface area contributed by atoms with Gasteiger partial charge in [-0.05, 0) is 55.3 Å². The molecular weight excluding hydrogens is 372 g/mol. The highest BCUT2D eigenvalue weighted by atomic mass is 16.5. The van der Waals surface area contributed by atoms with Crippen molar-refractivity contribution in [3.8, 4) is 11.5 Å². The lowest BCUT2D eigenvalue weighted by molar-refractivity contribution is -0.117. The molecule has 1 aliphatic heterocycles. The summed E-state index contributed by atoms with van der Waals surface area (Å²) in [6, 6.07) is 12.4. The molecule has 0 radical (unpaired) electrons. The maximum absolute atomic E-state index is 12.6. The van der Waals surface area contributed by atoms with Gasteiger partial charge in [0.2, 0.25) is 5.91 Å². The van der Waals surface area contributed by atoms with E-state index in [-0.39, 0.29) is 17.9 Å². The molecule has 1 N–H and O–H groups in total. The smallest absolute Gasteiger partial charge is 0.255 e. The van der Waals surface area contributed by atoms with E-state index in [1.807, 2.05) is 17.0 Å². The number of carbonyl (C=O) groups excluding carboxylic acids is 2. The zero-order valence-corrected chi connectivity index (χ0v) is 16.9. The van der Waals surface area contributed by atoms with Crippen LogP contribution < -0.4 is 19.7 Å². The zero-order chi connectivity index (χ0) is 20.8. The summed E-state index contributed by atoms with van der Waals surface area (Å²) in [6.07, 6.45) is 1.63. The van der Waals surface area contributed by atoms with Gasteiger partial charge in [-0.15, -0.1) is 0 Å². The number of anilines is 2. The Morgan fingerprint density at radius 1 is 1.00 bits per heavy atom. The van der Waals surface area contributed by atoms with Crippen LogP contribution in [0, 0.1) is 0 Å². The first kappa shape index (κ1) is 20.7. The summed E-state index contributed by atoms with van der Waals surface area (Å²) in [5.74, 6) is 0.792. The van der Waals surface area contributed by atoms with Gasteiger partial charge in [-0.1, -0.05) is 0 Å². The summed E-state index contributed by atoms with van der Waals surface area (Å²) < 4.78 is 15.8. The Balaban J connectivity index is 1.72. The van der Waals surface area contributed by atoms with Crippen molar-refractivity contribution >= 4 is 23.2 Å². The van der Waals surface area contributed by atoms with E-state index in [0.29, 0.717) is 36.0 Å². The number of nitrogens with one attached hydrogen (secondary N) is 1. The van der Waals surface area contributed by atoms with E-state index in [0.717, 1.165) is 18.5 Å². The van der Waals surface area contributed by atoms with Crippen LogP contribution in [0.4, 0.5) is 11.4 Å². The molecular formula is C22H26N2O5. The van der Waals surface area contributed by atoms with E-state index in [9.17, 15) is 9.59 Å². The van der Waals surface area contributed by atoms with Crippen molar-refractivity contribution in [2.45, 2.75) is 25.8 Å². The molecule has 2 aromatic rings. The van der Waals surface area contributed by atoms with Crippen LogP contribution in [0.25, 0.3) is 0 Å². The number of benzene rings is 2. The second-order valence-electron chi connectivity index (χ2n) is 6.80. The Hall–Kier alpha value is -3.06. The second kappa shape index (κ2) is 9.43. The van der Waals surface area contributed by atoms with Gasteiger partial charge in [0.05, 0.1) is 14.2 Å². The lowest BCUT2D eigenvalue weighted by Crippen LogP contribution is -2.42. The number of hydrogen-bond donors (Lipinski definition) is 1. The number of ether oxygens (including phenoxy) is 3. The first-order valence-corrected chi connectivity index (χ1v) is 9.54. The van der Waals surface area contributed by atoms with E-state index in [1.165, 1.54) is 7.11 Å². The number of amides is 2. The molecule has 1 saturated heterocycles. The molecule has 29 heavy (non-hydrogen) atoms. The van der Waals surface area contributed by atoms with Crippen molar-refractivity contribution in [3.05, 3.63) is 48.0 Å². The number of methoxy groups -OCH3 is 2. The molecule has 2 amide bonds. The zero-order valence-electron chi connectivity index (χ0n) is 16.9. The third-order valence-corrected chi connectivity index (χ3v) is 4.94. The summed E-state index contributed by atoms with van der Waals surface area (Å²) in [5.41, 5.74) is 1.91. The van der Waals surface area contributed by atoms with Crippen LogP contribution in [0.15, 0.2) is 42.5 Å². The molecule has 3 rings (SSSR count). The molecule has 154 valence electrons. The van der Waals surface area contributed by atoms with E-state index in [2.05, 4.69) is 5.32 Å². The Morgan fingerprint density at radius 3 is 2.24 bits per heavy atom. The molecule has 0 atom stereocenters. The van der Waals surface area contributed by atoms with Crippen molar-refractivity contribution in [2.75, 3.05) is 37.7 Å². The highest BCUT2D eigenvalue weighted by molar-refractivity contribution is 6.04. The molecule has 0 aliphatic carbocycles. The van der Waals surface area contributed by atoms with E-state index < -0.39 is 0 Å². The van der Waals surface area contributed by atoms with E-state index >= 15 is 0 Å². The van der Waals surface area contributed by atoms with E-state index in [1.54, 1.807) is 44.4 Å². The fourth-order valence-electron chi connectivity index (χ4n) is 3.48. The Kier molecular flexibility index (Phi) is 6.72. The van der Waals surface area contributed by atoms with Crippen LogP contribution in [0.2, 0.25) is 0 Å². The average molecular weight is 398 g/mol. The monoisotopic (exact) mass is 398 g/mol. The standard InChI is InChI=1S/C22H26N2O5/c1-15(25)24(19-10-12-29-13-11-19)18-7-5-17(6-8-18)23-22(26)16-4-9-20(27-2)21(14-16)28-3/h4-9,14,19H,10-13H2,1-3H3,(H,23,26). The molecule has 0 saturated carbocycles. The van der Waals surface area contributed by atoms with Crippen LogP contribution in [0.1, 0.15) is 30.1 Å². The van der Waals surface area contributed by atoms with Crippen LogP contribution >= 0.6 is 0 Å². The van der Waals surface area contributed by atoms with Crippen molar-refractivity contribution in [2.24, 2.45) is 0 Å². The van der Waals surface area contributed by atoms with Gasteiger partial charge in [0.25, 0.3) is 5.91 Å². The third-order valence-electron chi connectivity index (χ3n) is 4.94. The second-order valence-corrected chi connectivity index (χ2v) is 6.80. The largest absolute Gasteiger partial charge is 0.493 e. The Morgan fingerprint density at radius 2 is 1.66 bits per heavy atom. The molecule has 0 aromatic heterocycles. The lowest BCUT2D eigenvalue weighted by Gasteiger charge is -2.33. The summed E-state index contributed by atoms with van der Waals surface area (Å²) in [7, 11) is 3.07. The fourth-order valence-corrected chi connectivity index (χ4v) is 3.48. The molecule has 1 fully saturated rings. The highest BCUT2D eigenvalue weighted by Gasteiger charge is 2.25. The number of hydrogen-bond acceptors (Lipinski definition) is 5. The molecule has 2 aromatic carbocycles. The minimum absolute atomic E-state index is 0.000913. The Labute approximate surface area is 170 Å². The molecule has 0 spiro atoms. The fraction of sp³-hybridized carbons (Fsp3) is 0.364. The molecule has 1 aliphatic rings. The number of rotatable bonds is 6. The maximum Gasteiger partial charge on any atom is 0.255 e. The van der Waals surface area contributed by atoms with Crippen molar-refractivity contribution in [3.63, 3.8) is 0 Å². The first-order valence-electron chi connectivity index (χ1n) is 9.54. The quantitative estimate of drug-likeness (QED) is 0.806.